The van der Waals surface area contributed by atoms with Gasteiger partial charge in [-0.25, -0.2) is 9.18 Å². The first-order chi connectivity index (χ1) is 17.2. The number of ether oxygens (including phenoxy) is 1. The number of methoxy groups -OCH3 is 1. The zero-order valence-corrected chi connectivity index (χ0v) is 20.4. The summed E-state index contributed by atoms with van der Waals surface area (Å²) in [5.41, 5.74) is 9.11. The molecule has 2 amide bonds. The molecule has 2 aliphatic heterocycles. The number of carbonyl (C=O) groups is 3. The van der Waals surface area contributed by atoms with Gasteiger partial charge < -0.3 is 15.8 Å². The van der Waals surface area contributed by atoms with Crippen LogP contribution in [-0.2, 0) is 19.1 Å². The van der Waals surface area contributed by atoms with Crippen molar-refractivity contribution in [3.63, 3.8) is 0 Å². The zero-order chi connectivity index (χ0) is 26.1. The molecule has 4 rings (SSSR count). The molecule has 182 valence electrons. The number of carbonyl (C=O) groups excluding carboxylic acids is 3. The van der Waals surface area contributed by atoms with Crippen LogP contribution in [0.3, 0.4) is 0 Å². The molecule has 2 heterocycles. The molecule has 0 saturated heterocycles. The second kappa shape index (κ2) is 9.71. The molecule has 0 aliphatic carbocycles. The van der Waals surface area contributed by atoms with Crippen molar-refractivity contribution >= 4 is 35.2 Å². The summed E-state index contributed by atoms with van der Waals surface area (Å²) in [5.74, 6) is -3.78. The number of thioether (sulfide) groups is 1. The second-order valence-electron chi connectivity index (χ2n) is 8.14. The standard InChI is InChI=1S/C26H21FN4O4S/c1-13-4-9-17(10-14(13)2)30-24(33)22-21(15-5-7-16(27)8-6-15)18(12-28)23(29)31-20(32)11-19(26(34)35-3)36-25(22)31/h4-11,21H,29H2,1-3H3,(H,30,33)/t21-/m1/s1. The summed E-state index contributed by atoms with van der Waals surface area (Å²) < 4.78 is 18.5. The van der Waals surface area contributed by atoms with Crippen molar-refractivity contribution in [2.45, 2.75) is 19.8 Å². The minimum absolute atomic E-state index is 0.0124. The molecule has 0 aromatic heterocycles. The molecule has 2 aromatic rings. The number of hydrogen-bond acceptors (Lipinski definition) is 7. The fraction of sp³-hybridized carbons (Fsp3) is 0.154. The van der Waals surface area contributed by atoms with Gasteiger partial charge in [0.25, 0.3) is 11.8 Å². The van der Waals surface area contributed by atoms with Crippen LogP contribution < -0.4 is 11.1 Å². The number of allylic oxidation sites excluding steroid dienone is 1. The SMILES string of the molecule is COC(=O)C1=CC(=O)N2C(N)=C(C#N)[C@@H](c3ccc(F)cc3)C(C(=O)Nc3ccc(C)c(C)c3)=C2S1. The van der Waals surface area contributed by atoms with Gasteiger partial charge in [-0.15, -0.1) is 0 Å². The van der Waals surface area contributed by atoms with E-state index in [2.05, 4.69) is 5.32 Å². The normalized spacial score (nSPS) is 17.3. The summed E-state index contributed by atoms with van der Waals surface area (Å²) in [5, 5.41) is 12.9. The van der Waals surface area contributed by atoms with E-state index in [1.807, 2.05) is 26.0 Å². The van der Waals surface area contributed by atoms with Crippen molar-refractivity contribution in [1.29, 1.82) is 5.26 Å². The fourth-order valence-electron chi connectivity index (χ4n) is 3.95. The van der Waals surface area contributed by atoms with Gasteiger partial charge in [-0.3, -0.25) is 14.5 Å². The molecule has 0 saturated carbocycles. The lowest BCUT2D eigenvalue weighted by atomic mass is 9.82. The first kappa shape index (κ1) is 24.8. The first-order valence-electron chi connectivity index (χ1n) is 10.8. The molecule has 3 N–H and O–H groups in total. The molecule has 0 unspecified atom stereocenters. The van der Waals surface area contributed by atoms with Crippen molar-refractivity contribution in [3.8, 4) is 6.07 Å². The number of amides is 2. The van der Waals surface area contributed by atoms with Crippen LogP contribution in [-0.4, -0.2) is 29.8 Å². The van der Waals surface area contributed by atoms with Gasteiger partial charge in [0.2, 0.25) is 0 Å². The highest BCUT2D eigenvalue weighted by atomic mass is 32.2. The van der Waals surface area contributed by atoms with Crippen LogP contribution in [0.25, 0.3) is 0 Å². The fourth-order valence-corrected chi connectivity index (χ4v) is 5.09. The third-order valence-corrected chi connectivity index (χ3v) is 7.03. The summed E-state index contributed by atoms with van der Waals surface area (Å²) in [6.07, 6.45) is 1.04. The average molecular weight is 505 g/mol. The van der Waals surface area contributed by atoms with Gasteiger partial charge in [-0.2, -0.15) is 5.26 Å². The number of halogens is 1. The molecule has 2 aliphatic rings. The molecule has 8 nitrogen and oxygen atoms in total. The lowest BCUT2D eigenvalue weighted by molar-refractivity contribution is -0.135. The zero-order valence-electron chi connectivity index (χ0n) is 19.6. The number of aryl methyl sites for hydroxylation is 2. The quantitative estimate of drug-likeness (QED) is 0.608. The maximum Gasteiger partial charge on any atom is 0.344 e. The van der Waals surface area contributed by atoms with Crippen molar-refractivity contribution in [1.82, 2.24) is 4.90 Å². The summed E-state index contributed by atoms with van der Waals surface area (Å²) in [6, 6.07) is 12.7. The largest absolute Gasteiger partial charge is 0.465 e. The predicted octanol–water partition coefficient (Wildman–Crippen LogP) is 3.72. The molecule has 10 heteroatoms. The minimum atomic E-state index is -1.02. The Labute approximate surface area is 210 Å². The summed E-state index contributed by atoms with van der Waals surface area (Å²) in [7, 11) is 1.17. The van der Waals surface area contributed by atoms with Crippen LogP contribution in [0.4, 0.5) is 10.1 Å². The van der Waals surface area contributed by atoms with Gasteiger partial charge in [-0.1, -0.05) is 30.0 Å². The van der Waals surface area contributed by atoms with Gasteiger partial charge in [0.1, 0.15) is 16.5 Å². The third kappa shape index (κ3) is 4.36. The van der Waals surface area contributed by atoms with Crippen LogP contribution in [0.1, 0.15) is 22.6 Å². The summed E-state index contributed by atoms with van der Waals surface area (Å²) in [4.78, 5) is 40.1. The molecule has 0 spiro atoms. The Morgan fingerprint density at radius 1 is 1.17 bits per heavy atom. The van der Waals surface area contributed by atoms with Gasteiger partial charge in [0.05, 0.1) is 35.3 Å². The van der Waals surface area contributed by atoms with Crippen LogP contribution in [0.2, 0.25) is 0 Å². The molecule has 0 radical (unpaired) electrons. The number of rotatable bonds is 4. The lowest BCUT2D eigenvalue weighted by Gasteiger charge is -2.37. The van der Waals surface area contributed by atoms with E-state index in [-0.39, 0.29) is 26.9 Å². The number of nitriles is 1. The Bertz CT molecular complexity index is 1440. The number of fused-ring (bicyclic) bond motifs is 1. The van der Waals surface area contributed by atoms with E-state index in [1.165, 1.54) is 31.4 Å². The van der Waals surface area contributed by atoms with E-state index < -0.39 is 29.5 Å². The molecule has 1 atom stereocenters. The molecular formula is C26H21FN4O4S. The van der Waals surface area contributed by atoms with Crippen LogP contribution in [0, 0.1) is 31.0 Å². The number of benzene rings is 2. The number of nitrogens with zero attached hydrogens (tertiary/aromatic N) is 2. The number of anilines is 1. The number of hydrogen-bond donors (Lipinski definition) is 2. The highest BCUT2D eigenvalue weighted by Gasteiger charge is 2.43. The van der Waals surface area contributed by atoms with E-state index in [0.29, 0.717) is 11.3 Å². The number of nitrogens with two attached hydrogens (primary N) is 1. The van der Waals surface area contributed by atoms with Gasteiger partial charge in [0, 0.05) is 11.8 Å². The van der Waals surface area contributed by atoms with Crippen LogP contribution in [0.15, 0.2) is 75.4 Å². The Morgan fingerprint density at radius 2 is 1.86 bits per heavy atom. The topological polar surface area (TPSA) is 126 Å². The molecule has 36 heavy (non-hydrogen) atoms. The van der Waals surface area contributed by atoms with Gasteiger partial charge in [-0.05, 0) is 54.8 Å². The maximum absolute atomic E-state index is 13.8. The number of esters is 1. The molecule has 0 fully saturated rings. The van der Waals surface area contributed by atoms with Crippen molar-refractivity contribution in [2.75, 3.05) is 12.4 Å². The predicted molar refractivity (Wildman–Crippen MR) is 132 cm³/mol. The van der Waals surface area contributed by atoms with E-state index in [9.17, 15) is 24.0 Å². The average Bonchev–Trinajstić information content (AvgIpc) is 2.85. The van der Waals surface area contributed by atoms with Crippen molar-refractivity contribution in [3.05, 3.63) is 97.9 Å². The highest BCUT2D eigenvalue weighted by molar-refractivity contribution is 8.07. The highest BCUT2D eigenvalue weighted by Crippen LogP contribution is 2.48. The Hall–Kier alpha value is -4.36. The Morgan fingerprint density at radius 3 is 2.47 bits per heavy atom. The van der Waals surface area contributed by atoms with Crippen molar-refractivity contribution in [2.24, 2.45) is 5.73 Å². The monoisotopic (exact) mass is 504 g/mol. The first-order valence-corrected chi connectivity index (χ1v) is 11.6. The van der Waals surface area contributed by atoms with E-state index >= 15 is 0 Å². The van der Waals surface area contributed by atoms with E-state index in [1.54, 1.807) is 12.1 Å². The van der Waals surface area contributed by atoms with E-state index in [4.69, 9.17) is 10.5 Å². The molecule has 2 aromatic carbocycles. The van der Waals surface area contributed by atoms with Crippen molar-refractivity contribution < 1.29 is 23.5 Å². The second-order valence-corrected chi connectivity index (χ2v) is 9.17. The minimum Gasteiger partial charge on any atom is -0.465 e. The van der Waals surface area contributed by atoms with Gasteiger partial charge in [0.15, 0.2) is 0 Å². The van der Waals surface area contributed by atoms with Crippen LogP contribution >= 0.6 is 11.8 Å². The summed E-state index contributed by atoms with van der Waals surface area (Å²) in [6.45, 7) is 3.84. The summed E-state index contributed by atoms with van der Waals surface area (Å²) >= 11 is 0.835. The van der Waals surface area contributed by atoms with Crippen LogP contribution in [0.5, 0.6) is 0 Å². The molecule has 0 bridgehead atoms. The lowest BCUT2D eigenvalue weighted by Crippen LogP contribution is -2.42. The molecular weight excluding hydrogens is 483 g/mol. The van der Waals surface area contributed by atoms with Gasteiger partial charge >= 0.3 is 5.97 Å². The Kier molecular flexibility index (Phi) is 6.68. The smallest absolute Gasteiger partial charge is 0.344 e. The Balaban J connectivity index is 1.93. The number of nitrogens with one attached hydrogen (secondary N) is 1. The maximum atomic E-state index is 13.8. The third-order valence-electron chi connectivity index (χ3n) is 5.93. The van der Waals surface area contributed by atoms with E-state index in [0.717, 1.165) is 33.9 Å².